The highest BCUT2D eigenvalue weighted by Crippen LogP contribution is 2.41. The van der Waals surface area contributed by atoms with Crippen LogP contribution in [-0.4, -0.2) is 22.8 Å². The molecule has 2 heterocycles. The summed E-state index contributed by atoms with van der Waals surface area (Å²) in [5, 5.41) is 9.61. The summed E-state index contributed by atoms with van der Waals surface area (Å²) in [5.74, 6) is -0.221. The number of hydrogen-bond donors (Lipinski definition) is 1. The van der Waals surface area contributed by atoms with Crippen molar-refractivity contribution in [2.24, 2.45) is 4.99 Å². The van der Waals surface area contributed by atoms with Crippen molar-refractivity contribution in [2.45, 2.75) is 18.9 Å². The Bertz CT molecular complexity index is 1710. The number of aromatic nitrogens is 1. The standard InChI is InChI=1S/C29H22N2O4S/c1-35-28(34)20-10-8-19(9-11-20)26-23-15-12-18-4-2-3-5-22(18)25(23)30-29-31(26)27(33)24(36-29)16-17-6-13-21(32)14-7-17/h2-11,13-14,16,26,32H,12,15H2,1H3. The molecule has 0 saturated carbocycles. The lowest BCUT2D eigenvalue weighted by molar-refractivity contribution is 0.0600. The van der Waals surface area contributed by atoms with Gasteiger partial charge in [-0.05, 0) is 65.4 Å². The van der Waals surface area contributed by atoms with Crippen molar-refractivity contribution < 1.29 is 14.6 Å². The summed E-state index contributed by atoms with van der Waals surface area (Å²) in [4.78, 5) is 31.4. The third-order valence-corrected chi connectivity index (χ3v) is 7.69. The van der Waals surface area contributed by atoms with Gasteiger partial charge in [0, 0.05) is 5.56 Å². The number of benzene rings is 3. The minimum atomic E-state index is -0.397. The van der Waals surface area contributed by atoms with Crippen LogP contribution in [0, 0.1) is 0 Å². The molecule has 7 heteroatoms. The number of carbonyl (C=O) groups excluding carboxylic acids is 1. The predicted octanol–water partition coefficient (Wildman–Crippen LogP) is 3.81. The number of phenols is 1. The van der Waals surface area contributed by atoms with Crippen LogP contribution >= 0.6 is 11.3 Å². The molecule has 0 fully saturated rings. The molecule has 6 nitrogen and oxygen atoms in total. The van der Waals surface area contributed by atoms with Gasteiger partial charge in [0.25, 0.3) is 5.56 Å². The zero-order valence-electron chi connectivity index (χ0n) is 19.5. The van der Waals surface area contributed by atoms with Crippen LogP contribution in [0.25, 0.3) is 11.8 Å². The van der Waals surface area contributed by atoms with Crippen molar-refractivity contribution in [1.82, 2.24) is 4.57 Å². The molecule has 4 aromatic rings. The first-order valence-electron chi connectivity index (χ1n) is 11.6. The van der Waals surface area contributed by atoms with Gasteiger partial charge in [-0.2, -0.15) is 0 Å². The first kappa shape index (κ1) is 22.2. The number of phenolic OH excluding ortho intramolecular Hbond substituents is 1. The van der Waals surface area contributed by atoms with E-state index in [-0.39, 0.29) is 17.4 Å². The Morgan fingerprint density at radius 2 is 1.81 bits per heavy atom. The third kappa shape index (κ3) is 3.69. The van der Waals surface area contributed by atoms with Gasteiger partial charge in [0.15, 0.2) is 4.80 Å². The van der Waals surface area contributed by atoms with Crippen LogP contribution < -0.4 is 14.9 Å². The van der Waals surface area contributed by atoms with Gasteiger partial charge >= 0.3 is 5.97 Å². The normalized spacial score (nSPS) is 16.6. The second-order valence-corrected chi connectivity index (χ2v) is 9.83. The quantitative estimate of drug-likeness (QED) is 0.439. The molecule has 0 amide bonds. The van der Waals surface area contributed by atoms with E-state index in [4.69, 9.17) is 9.73 Å². The Balaban J connectivity index is 1.58. The van der Waals surface area contributed by atoms with Crippen LogP contribution in [0.2, 0.25) is 0 Å². The van der Waals surface area contributed by atoms with Gasteiger partial charge in [-0.1, -0.05) is 59.9 Å². The average molecular weight is 495 g/mol. The molecule has 1 aliphatic carbocycles. The van der Waals surface area contributed by atoms with Gasteiger partial charge in [0.05, 0.1) is 28.9 Å². The fourth-order valence-electron chi connectivity index (χ4n) is 4.96. The molecule has 1 aromatic heterocycles. The van der Waals surface area contributed by atoms with E-state index in [2.05, 4.69) is 12.1 Å². The van der Waals surface area contributed by atoms with E-state index in [1.807, 2.05) is 30.3 Å². The fraction of sp³-hybridized carbons (Fsp3) is 0.138. The summed E-state index contributed by atoms with van der Waals surface area (Å²) in [6, 6.07) is 22.0. The van der Waals surface area contributed by atoms with Crippen molar-refractivity contribution in [3.63, 3.8) is 0 Å². The van der Waals surface area contributed by atoms with Gasteiger partial charge in [-0.3, -0.25) is 9.36 Å². The van der Waals surface area contributed by atoms with Gasteiger partial charge in [0.2, 0.25) is 0 Å². The first-order chi connectivity index (χ1) is 17.5. The topological polar surface area (TPSA) is 80.9 Å². The van der Waals surface area contributed by atoms with Gasteiger partial charge in [0.1, 0.15) is 5.75 Å². The Kier molecular flexibility index (Phi) is 5.42. The van der Waals surface area contributed by atoms with Crippen molar-refractivity contribution in [3.05, 3.63) is 126 Å². The number of nitrogens with zero attached hydrogens (tertiary/aromatic N) is 2. The van der Waals surface area contributed by atoms with Crippen LogP contribution in [0.3, 0.4) is 0 Å². The summed E-state index contributed by atoms with van der Waals surface area (Å²) >= 11 is 1.36. The molecule has 1 aliphatic heterocycles. The van der Waals surface area contributed by atoms with E-state index < -0.39 is 5.97 Å². The summed E-state index contributed by atoms with van der Waals surface area (Å²) < 4.78 is 7.20. The molecule has 36 heavy (non-hydrogen) atoms. The zero-order valence-corrected chi connectivity index (χ0v) is 20.3. The number of ether oxygens (including phenoxy) is 1. The number of fused-ring (bicyclic) bond motifs is 3. The highest BCUT2D eigenvalue weighted by Gasteiger charge is 2.32. The number of rotatable bonds is 3. The van der Waals surface area contributed by atoms with Crippen LogP contribution in [0.15, 0.2) is 88.2 Å². The maximum Gasteiger partial charge on any atom is 0.337 e. The van der Waals surface area contributed by atoms with E-state index in [1.54, 1.807) is 41.0 Å². The minimum absolute atomic E-state index is 0.112. The minimum Gasteiger partial charge on any atom is -0.508 e. The average Bonchev–Trinajstić information content (AvgIpc) is 3.22. The number of hydrogen-bond acceptors (Lipinski definition) is 6. The van der Waals surface area contributed by atoms with E-state index in [9.17, 15) is 14.7 Å². The largest absolute Gasteiger partial charge is 0.508 e. The lowest BCUT2D eigenvalue weighted by atomic mass is 9.83. The second-order valence-electron chi connectivity index (χ2n) is 8.82. The molecular formula is C29H22N2O4S. The molecule has 6 rings (SSSR count). The Hall–Kier alpha value is -4.23. The van der Waals surface area contributed by atoms with Crippen LogP contribution in [0.5, 0.6) is 5.75 Å². The van der Waals surface area contributed by atoms with Gasteiger partial charge in [-0.25, -0.2) is 9.79 Å². The molecular weight excluding hydrogens is 472 g/mol. The van der Waals surface area contributed by atoms with Crippen molar-refractivity contribution in [3.8, 4) is 5.75 Å². The molecule has 0 bridgehead atoms. The number of esters is 1. The second kappa shape index (κ2) is 8.77. The van der Waals surface area contributed by atoms with E-state index >= 15 is 0 Å². The van der Waals surface area contributed by atoms with Crippen molar-refractivity contribution in [2.75, 3.05) is 7.11 Å². The molecule has 1 N–H and O–H groups in total. The number of allylic oxidation sites excluding steroid dienone is 1. The van der Waals surface area contributed by atoms with Crippen LogP contribution in [0.4, 0.5) is 0 Å². The third-order valence-electron chi connectivity index (χ3n) is 6.71. The van der Waals surface area contributed by atoms with Gasteiger partial charge < -0.3 is 9.84 Å². The molecule has 0 radical (unpaired) electrons. The number of carbonyl (C=O) groups is 1. The van der Waals surface area contributed by atoms with Gasteiger partial charge in [-0.15, -0.1) is 0 Å². The molecule has 178 valence electrons. The maximum absolute atomic E-state index is 13.7. The Morgan fingerprint density at radius 1 is 1.06 bits per heavy atom. The van der Waals surface area contributed by atoms with Crippen molar-refractivity contribution in [1.29, 1.82) is 0 Å². The van der Waals surface area contributed by atoms with Crippen LogP contribution in [0.1, 0.15) is 45.1 Å². The van der Waals surface area contributed by atoms with E-state index in [1.165, 1.54) is 24.0 Å². The number of methoxy groups -OCH3 is 1. The summed E-state index contributed by atoms with van der Waals surface area (Å²) in [7, 11) is 1.36. The fourth-order valence-corrected chi connectivity index (χ4v) is 5.96. The highest BCUT2D eigenvalue weighted by molar-refractivity contribution is 7.07. The molecule has 2 aliphatic rings. The molecule has 1 atom stereocenters. The van der Waals surface area contributed by atoms with Crippen LogP contribution in [-0.2, 0) is 11.2 Å². The molecule has 0 saturated heterocycles. The predicted molar refractivity (Wildman–Crippen MR) is 139 cm³/mol. The molecule has 1 unspecified atom stereocenters. The molecule has 3 aromatic carbocycles. The monoisotopic (exact) mass is 494 g/mol. The number of thiazole rings is 1. The lowest BCUT2D eigenvalue weighted by Crippen LogP contribution is -2.38. The smallest absolute Gasteiger partial charge is 0.337 e. The zero-order chi connectivity index (χ0) is 24.8. The maximum atomic E-state index is 13.7. The van der Waals surface area contributed by atoms with Crippen molar-refractivity contribution >= 4 is 29.1 Å². The Morgan fingerprint density at radius 3 is 2.56 bits per heavy atom. The SMILES string of the molecule is COC(=O)c1ccc(C2C3=C(N=c4sc(=Cc5ccc(O)cc5)c(=O)n42)c2ccccc2CC3)cc1. The summed E-state index contributed by atoms with van der Waals surface area (Å²) in [5.41, 5.74) is 6.48. The summed E-state index contributed by atoms with van der Waals surface area (Å²) in [6.07, 6.45) is 3.50. The number of aromatic hydroxyl groups is 1. The first-order valence-corrected chi connectivity index (χ1v) is 12.5. The number of aryl methyl sites for hydroxylation is 1. The van der Waals surface area contributed by atoms with E-state index in [0.717, 1.165) is 40.8 Å². The lowest BCUT2D eigenvalue weighted by Gasteiger charge is -2.30. The Labute approximate surface area is 210 Å². The summed E-state index contributed by atoms with van der Waals surface area (Å²) in [6.45, 7) is 0. The molecule has 0 spiro atoms. The van der Waals surface area contributed by atoms with E-state index in [0.29, 0.717) is 14.9 Å². The highest BCUT2D eigenvalue weighted by atomic mass is 32.1.